The zero-order chi connectivity index (χ0) is 18.4. The summed E-state index contributed by atoms with van der Waals surface area (Å²) in [5, 5.41) is 3.02. The van der Waals surface area contributed by atoms with Crippen LogP contribution in [0.4, 0.5) is 0 Å². The van der Waals surface area contributed by atoms with E-state index in [2.05, 4.69) is 22.3 Å². The number of rotatable bonds is 7. The highest BCUT2D eigenvalue weighted by atomic mass is 16.5. The van der Waals surface area contributed by atoms with E-state index in [1.54, 1.807) is 13.2 Å². The average molecular weight is 354 g/mol. The second kappa shape index (κ2) is 8.72. The van der Waals surface area contributed by atoms with Gasteiger partial charge < -0.3 is 14.5 Å². The Labute approximate surface area is 154 Å². The van der Waals surface area contributed by atoms with Gasteiger partial charge >= 0.3 is 0 Å². The largest absolute Gasteiger partial charge is 0.497 e. The number of methoxy groups -OCH3 is 1. The van der Waals surface area contributed by atoms with Gasteiger partial charge in [0.15, 0.2) is 0 Å². The summed E-state index contributed by atoms with van der Waals surface area (Å²) in [7, 11) is 1.67. The summed E-state index contributed by atoms with van der Waals surface area (Å²) in [6, 6.07) is 12.0. The number of carbonyl (C=O) groups excluding carboxylic acids is 1. The third-order valence-corrected chi connectivity index (χ3v) is 4.69. The Morgan fingerprint density at radius 1 is 1.31 bits per heavy atom. The van der Waals surface area contributed by atoms with E-state index >= 15 is 0 Å². The van der Waals surface area contributed by atoms with Crippen molar-refractivity contribution >= 4 is 12.0 Å². The van der Waals surface area contributed by atoms with Crippen LogP contribution in [-0.2, 0) is 4.79 Å². The van der Waals surface area contributed by atoms with Gasteiger partial charge in [-0.2, -0.15) is 0 Å². The predicted molar refractivity (Wildman–Crippen MR) is 102 cm³/mol. The maximum Gasteiger partial charge on any atom is 0.244 e. The number of nitrogens with zero attached hydrogens (tertiary/aromatic N) is 1. The van der Waals surface area contributed by atoms with Crippen molar-refractivity contribution in [1.29, 1.82) is 0 Å². The molecule has 0 aliphatic carbocycles. The molecule has 1 aliphatic heterocycles. The molecule has 1 saturated heterocycles. The molecule has 0 radical (unpaired) electrons. The Bertz CT molecular complexity index is 760. The van der Waals surface area contributed by atoms with Crippen molar-refractivity contribution in [3.05, 3.63) is 59.6 Å². The molecule has 1 amide bonds. The first-order chi connectivity index (χ1) is 12.7. The van der Waals surface area contributed by atoms with Crippen molar-refractivity contribution in [2.75, 3.05) is 26.7 Å². The van der Waals surface area contributed by atoms with Crippen molar-refractivity contribution in [3.63, 3.8) is 0 Å². The zero-order valence-corrected chi connectivity index (χ0v) is 15.4. The maximum absolute atomic E-state index is 12.2. The van der Waals surface area contributed by atoms with E-state index in [0.29, 0.717) is 12.3 Å². The lowest BCUT2D eigenvalue weighted by molar-refractivity contribution is -0.116. The van der Waals surface area contributed by atoms with Crippen LogP contribution in [0, 0.1) is 6.92 Å². The highest BCUT2D eigenvalue weighted by Gasteiger charge is 2.24. The zero-order valence-electron chi connectivity index (χ0n) is 15.4. The average Bonchev–Trinajstić information content (AvgIpc) is 3.32. The molecule has 3 rings (SSSR count). The molecule has 1 aliphatic rings. The monoisotopic (exact) mass is 354 g/mol. The molecule has 2 aromatic rings. The summed E-state index contributed by atoms with van der Waals surface area (Å²) in [5.74, 6) is 2.23. The van der Waals surface area contributed by atoms with E-state index in [0.717, 1.165) is 30.2 Å². The topological polar surface area (TPSA) is 54.7 Å². The fourth-order valence-electron chi connectivity index (χ4n) is 3.32. The summed E-state index contributed by atoms with van der Waals surface area (Å²) in [4.78, 5) is 14.6. The molecule has 5 nitrogen and oxygen atoms in total. The molecule has 0 bridgehead atoms. The van der Waals surface area contributed by atoms with Crippen LogP contribution in [-0.4, -0.2) is 37.6 Å². The van der Waals surface area contributed by atoms with Crippen molar-refractivity contribution in [3.8, 4) is 5.75 Å². The van der Waals surface area contributed by atoms with Gasteiger partial charge in [0.1, 0.15) is 17.3 Å². The van der Waals surface area contributed by atoms with E-state index in [1.165, 1.54) is 18.9 Å². The van der Waals surface area contributed by atoms with Gasteiger partial charge in [-0.1, -0.05) is 12.1 Å². The molecule has 1 aromatic heterocycles. The molecular formula is C21H26N2O3. The van der Waals surface area contributed by atoms with E-state index in [-0.39, 0.29) is 11.9 Å². The van der Waals surface area contributed by atoms with Crippen LogP contribution in [0.25, 0.3) is 6.08 Å². The van der Waals surface area contributed by atoms with Crippen LogP contribution in [0.5, 0.6) is 5.75 Å². The number of benzene rings is 1. The molecule has 2 heterocycles. The lowest BCUT2D eigenvalue weighted by Crippen LogP contribution is -2.36. The number of ether oxygens (including phenoxy) is 1. The number of furan rings is 1. The maximum atomic E-state index is 12.2. The van der Waals surface area contributed by atoms with Crippen molar-refractivity contribution in [2.45, 2.75) is 25.8 Å². The summed E-state index contributed by atoms with van der Waals surface area (Å²) >= 11 is 0. The van der Waals surface area contributed by atoms with Gasteiger partial charge in [0.05, 0.1) is 13.2 Å². The summed E-state index contributed by atoms with van der Waals surface area (Å²) < 4.78 is 10.8. The predicted octanol–water partition coefficient (Wildman–Crippen LogP) is 3.56. The molecule has 0 spiro atoms. The van der Waals surface area contributed by atoms with Crippen molar-refractivity contribution in [2.24, 2.45) is 0 Å². The summed E-state index contributed by atoms with van der Waals surface area (Å²) in [6.45, 7) is 4.55. The minimum atomic E-state index is -0.119. The van der Waals surface area contributed by atoms with Gasteiger partial charge in [-0.15, -0.1) is 0 Å². The van der Waals surface area contributed by atoms with Crippen molar-refractivity contribution in [1.82, 2.24) is 10.2 Å². The molecule has 1 unspecified atom stereocenters. The van der Waals surface area contributed by atoms with Gasteiger partial charge in [-0.05, 0) is 68.8 Å². The van der Waals surface area contributed by atoms with Crippen LogP contribution in [0.15, 0.2) is 46.9 Å². The van der Waals surface area contributed by atoms with Crippen molar-refractivity contribution < 1.29 is 13.9 Å². The van der Waals surface area contributed by atoms with Crippen LogP contribution in [0.3, 0.4) is 0 Å². The lowest BCUT2D eigenvalue weighted by Gasteiger charge is -2.28. The number of nitrogens with one attached hydrogen (secondary N) is 1. The van der Waals surface area contributed by atoms with Crippen LogP contribution in [0.2, 0.25) is 0 Å². The normalized spacial score (nSPS) is 16.1. The van der Waals surface area contributed by atoms with E-state index in [9.17, 15) is 4.79 Å². The Kier molecular flexibility index (Phi) is 6.12. The first-order valence-corrected chi connectivity index (χ1v) is 9.06. The second-order valence-electron chi connectivity index (χ2n) is 6.56. The fraction of sp³-hybridized carbons (Fsp3) is 0.381. The van der Waals surface area contributed by atoms with Gasteiger partial charge in [0.2, 0.25) is 5.91 Å². The first-order valence-electron chi connectivity index (χ1n) is 9.06. The van der Waals surface area contributed by atoms with Crippen LogP contribution >= 0.6 is 0 Å². The number of carbonyl (C=O) groups is 1. The first kappa shape index (κ1) is 18.3. The van der Waals surface area contributed by atoms with Gasteiger partial charge in [-0.25, -0.2) is 0 Å². The number of likely N-dealkylation sites (tertiary alicyclic amines) is 1. The Morgan fingerprint density at radius 3 is 2.81 bits per heavy atom. The standard InChI is InChI=1S/C21H26N2O3/c1-16-8-9-18(26-16)10-11-21(24)22-15-20(23-12-3-4-13-23)17-6-5-7-19(14-17)25-2/h5-11,14,20H,3-4,12-13,15H2,1-2H3,(H,22,24)/b11-10+. The number of amides is 1. The lowest BCUT2D eigenvalue weighted by atomic mass is 10.0. The molecule has 1 atom stereocenters. The van der Waals surface area contributed by atoms with Crippen LogP contribution in [0.1, 0.15) is 36.0 Å². The third-order valence-electron chi connectivity index (χ3n) is 4.69. The third kappa shape index (κ3) is 4.76. The molecule has 1 fully saturated rings. The smallest absolute Gasteiger partial charge is 0.244 e. The quantitative estimate of drug-likeness (QED) is 0.773. The Hall–Kier alpha value is -2.53. The van der Waals surface area contributed by atoms with Gasteiger partial charge in [0.25, 0.3) is 0 Å². The number of hydrogen-bond donors (Lipinski definition) is 1. The molecule has 138 valence electrons. The van der Waals surface area contributed by atoms with E-state index in [1.807, 2.05) is 31.2 Å². The Balaban J connectivity index is 1.65. The Morgan fingerprint density at radius 2 is 2.12 bits per heavy atom. The number of hydrogen-bond acceptors (Lipinski definition) is 4. The molecule has 1 aromatic carbocycles. The molecule has 0 saturated carbocycles. The highest BCUT2D eigenvalue weighted by molar-refractivity contribution is 5.91. The van der Waals surface area contributed by atoms with E-state index < -0.39 is 0 Å². The molecular weight excluding hydrogens is 328 g/mol. The minimum Gasteiger partial charge on any atom is -0.497 e. The van der Waals surface area contributed by atoms with Gasteiger partial charge in [-0.3, -0.25) is 9.69 Å². The van der Waals surface area contributed by atoms with Crippen LogP contribution < -0.4 is 10.1 Å². The molecule has 26 heavy (non-hydrogen) atoms. The SMILES string of the molecule is COc1cccc(C(CNC(=O)/C=C/c2ccc(C)o2)N2CCCC2)c1. The summed E-state index contributed by atoms with van der Waals surface area (Å²) in [6.07, 6.45) is 5.61. The number of aryl methyl sites for hydroxylation is 1. The van der Waals surface area contributed by atoms with E-state index in [4.69, 9.17) is 9.15 Å². The highest BCUT2D eigenvalue weighted by Crippen LogP contribution is 2.27. The molecule has 1 N–H and O–H groups in total. The fourth-order valence-corrected chi connectivity index (χ4v) is 3.32. The summed E-state index contributed by atoms with van der Waals surface area (Å²) in [5.41, 5.74) is 1.16. The minimum absolute atomic E-state index is 0.119. The van der Waals surface area contributed by atoms with Gasteiger partial charge in [0, 0.05) is 12.6 Å². The molecule has 5 heteroatoms. The second-order valence-corrected chi connectivity index (χ2v) is 6.56.